The van der Waals surface area contributed by atoms with Crippen LogP contribution < -0.4 is 5.32 Å². The summed E-state index contributed by atoms with van der Waals surface area (Å²) >= 11 is 0. The summed E-state index contributed by atoms with van der Waals surface area (Å²) in [6.45, 7) is 1.88. The van der Waals surface area contributed by atoms with E-state index in [1.807, 2.05) is 61.5 Å². The fourth-order valence-electron chi connectivity index (χ4n) is 2.73. The van der Waals surface area contributed by atoms with E-state index in [-0.39, 0.29) is 0 Å². The molecule has 3 aromatic carbocycles. The maximum absolute atomic E-state index is 4.62. The standard InChI is InChI=1S/C20H16N4/c1-14-21-19(18-13-7-9-15-8-5-6-12-17(15)18)24-20(22-14)23-16-10-3-2-4-11-16/h2-13H,1H3,(H,21,22,23,24). The smallest absolute Gasteiger partial charge is 0.231 e. The topological polar surface area (TPSA) is 50.7 Å². The number of hydrogen-bond donors (Lipinski definition) is 1. The average Bonchev–Trinajstić information content (AvgIpc) is 2.61. The maximum Gasteiger partial charge on any atom is 0.231 e. The molecular formula is C20H16N4. The zero-order valence-electron chi connectivity index (χ0n) is 13.3. The van der Waals surface area contributed by atoms with E-state index in [9.17, 15) is 0 Å². The van der Waals surface area contributed by atoms with Crippen LogP contribution in [0.15, 0.2) is 72.8 Å². The van der Waals surface area contributed by atoms with Crippen molar-refractivity contribution >= 4 is 22.4 Å². The van der Waals surface area contributed by atoms with Gasteiger partial charge in [-0.3, -0.25) is 0 Å². The molecule has 1 N–H and O–H groups in total. The van der Waals surface area contributed by atoms with E-state index in [1.54, 1.807) is 0 Å². The number of hydrogen-bond acceptors (Lipinski definition) is 4. The molecule has 0 aliphatic carbocycles. The fraction of sp³-hybridized carbons (Fsp3) is 0.0500. The van der Waals surface area contributed by atoms with Crippen molar-refractivity contribution in [3.63, 3.8) is 0 Å². The summed E-state index contributed by atoms with van der Waals surface area (Å²) in [5, 5.41) is 5.55. The Morgan fingerprint density at radius 2 is 1.46 bits per heavy atom. The Morgan fingerprint density at radius 1 is 0.708 bits per heavy atom. The number of nitrogens with zero attached hydrogens (tertiary/aromatic N) is 3. The van der Waals surface area contributed by atoms with Crippen molar-refractivity contribution in [1.29, 1.82) is 0 Å². The van der Waals surface area contributed by atoms with E-state index in [0.717, 1.165) is 16.6 Å². The first-order chi connectivity index (χ1) is 11.8. The van der Waals surface area contributed by atoms with Crippen molar-refractivity contribution in [3.05, 3.63) is 78.6 Å². The van der Waals surface area contributed by atoms with Gasteiger partial charge < -0.3 is 5.32 Å². The Kier molecular flexibility index (Phi) is 3.63. The molecule has 0 aliphatic heterocycles. The Hall–Kier alpha value is -3.27. The summed E-state index contributed by atoms with van der Waals surface area (Å²) in [4.78, 5) is 13.6. The molecule has 0 radical (unpaired) electrons. The SMILES string of the molecule is Cc1nc(Nc2ccccc2)nc(-c2cccc3ccccc23)n1. The molecule has 1 aromatic heterocycles. The molecule has 0 atom stereocenters. The minimum atomic E-state index is 0.552. The van der Waals surface area contributed by atoms with Gasteiger partial charge in [-0.25, -0.2) is 4.98 Å². The molecular weight excluding hydrogens is 296 g/mol. The number of benzene rings is 3. The monoisotopic (exact) mass is 312 g/mol. The van der Waals surface area contributed by atoms with Crippen molar-refractivity contribution in [2.75, 3.05) is 5.32 Å². The van der Waals surface area contributed by atoms with Crippen LogP contribution in [0.4, 0.5) is 11.6 Å². The third-order valence-corrected chi connectivity index (χ3v) is 3.81. The molecule has 4 aromatic rings. The lowest BCUT2D eigenvalue weighted by Gasteiger charge is -2.09. The first-order valence-electron chi connectivity index (χ1n) is 7.82. The van der Waals surface area contributed by atoms with E-state index in [4.69, 9.17) is 0 Å². The van der Waals surface area contributed by atoms with Crippen molar-refractivity contribution < 1.29 is 0 Å². The summed E-state index contributed by atoms with van der Waals surface area (Å²) in [6, 6.07) is 24.3. The highest BCUT2D eigenvalue weighted by Crippen LogP contribution is 2.27. The van der Waals surface area contributed by atoms with Gasteiger partial charge in [-0.2, -0.15) is 9.97 Å². The third kappa shape index (κ3) is 2.82. The summed E-state index contributed by atoms with van der Waals surface area (Å²) in [6.07, 6.45) is 0. The largest absolute Gasteiger partial charge is 0.324 e. The minimum absolute atomic E-state index is 0.552. The van der Waals surface area contributed by atoms with E-state index in [2.05, 4.69) is 38.5 Å². The lowest BCUT2D eigenvalue weighted by molar-refractivity contribution is 0.992. The molecule has 4 heteroatoms. The number of nitrogens with one attached hydrogen (secondary N) is 1. The minimum Gasteiger partial charge on any atom is -0.324 e. The Labute approximate surface area is 140 Å². The lowest BCUT2D eigenvalue weighted by Crippen LogP contribution is -2.03. The number of anilines is 2. The molecule has 1 heterocycles. The van der Waals surface area contributed by atoms with Crippen LogP contribution in [-0.2, 0) is 0 Å². The molecule has 0 spiro atoms. The molecule has 0 saturated carbocycles. The molecule has 4 nitrogen and oxygen atoms in total. The van der Waals surface area contributed by atoms with Crippen molar-refractivity contribution in [2.45, 2.75) is 6.92 Å². The zero-order valence-corrected chi connectivity index (χ0v) is 13.3. The van der Waals surface area contributed by atoms with Crippen molar-refractivity contribution in [3.8, 4) is 11.4 Å². The highest BCUT2D eigenvalue weighted by Gasteiger charge is 2.09. The van der Waals surface area contributed by atoms with Gasteiger partial charge >= 0.3 is 0 Å². The molecule has 4 rings (SSSR count). The molecule has 0 saturated heterocycles. The van der Waals surface area contributed by atoms with Crippen LogP contribution in [0.25, 0.3) is 22.2 Å². The van der Waals surface area contributed by atoms with E-state index in [0.29, 0.717) is 17.6 Å². The Morgan fingerprint density at radius 3 is 2.33 bits per heavy atom. The normalized spacial score (nSPS) is 10.7. The second-order valence-electron chi connectivity index (χ2n) is 5.55. The first kappa shape index (κ1) is 14.3. The van der Waals surface area contributed by atoms with Gasteiger partial charge in [0.1, 0.15) is 5.82 Å². The number of fused-ring (bicyclic) bond motifs is 1. The Balaban J connectivity index is 1.81. The molecule has 0 fully saturated rings. The van der Waals surface area contributed by atoms with E-state index in [1.165, 1.54) is 5.39 Å². The molecule has 0 unspecified atom stereocenters. The van der Waals surface area contributed by atoms with Crippen molar-refractivity contribution in [2.24, 2.45) is 0 Å². The highest BCUT2D eigenvalue weighted by atomic mass is 15.2. The Bertz CT molecular complexity index is 991. The average molecular weight is 312 g/mol. The van der Waals surface area contributed by atoms with Crippen molar-refractivity contribution in [1.82, 2.24) is 15.0 Å². The quantitative estimate of drug-likeness (QED) is 0.593. The lowest BCUT2D eigenvalue weighted by atomic mass is 10.0. The fourth-order valence-corrected chi connectivity index (χ4v) is 2.73. The number of aryl methyl sites for hydroxylation is 1. The molecule has 0 bridgehead atoms. The van der Waals surface area contributed by atoms with Gasteiger partial charge in [0.15, 0.2) is 5.82 Å². The van der Waals surface area contributed by atoms with Gasteiger partial charge in [-0.05, 0) is 29.8 Å². The van der Waals surface area contributed by atoms with Crippen LogP contribution in [0.5, 0.6) is 0 Å². The molecule has 24 heavy (non-hydrogen) atoms. The molecule has 116 valence electrons. The number of aromatic nitrogens is 3. The second kappa shape index (κ2) is 6.08. The van der Waals surface area contributed by atoms with E-state index < -0.39 is 0 Å². The van der Waals surface area contributed by atoms with Crippen LogP contribution in [0, 0.1) is 6.92 Å². The predicted octanol–water partition coefficient (Wildman–Crippen LogP) is 4.74. The van der Waals surface area contributed by atoms with Gasteiger partial charge in [0.25, 0.3) is 0 Å². The summed E-state index contributed by atoms with van der Waals surface area (Å²) in [7, 11) is 0. The molecule has 0 aliphatic rings. The van der Waals surface area contributed by atoms with Gasteiger partial charge in [-0.1, -0.05) is 60.7 Å². The molecule has 0 amide bonds. The van der Waals surface area contributed by atoms with Gasteiger partial charge in [0.05, 0.1) is 0 Å². The summed E-state index contributed by atoms with van der Waals surface area (Å²) in [5.41, 5.74) is 1.96. The van der Waals surface area contributed by atoms with Gasteiger partial charge in [-0.15, -0.1) is 0 Å². The van der Waals surface area contributed by atoms with Crippen LogP contribution in [-0.4, -0.2) is 15.0 Å². The van der Waals surface area contributed by atoms with Crippen LogP contribution in [0.2, 0.25) is 0 Å². The van der Waals surface area contributed by atoms with Gasteiger partial charge in [0.2, 0.25) is 5.95 Å². The second-order valence-corrected chi connectivity index (χ2v) is 5.55. The highest BCUT2D eigenvalue weighted by molar-refractivity contribution is 5.95. The predicted molar refractivity (Wildman–Crippen MR) is 97.2 cm³/mol. The maximum atomic E-state index is 4.62. The summed E-state index contributed by atoms with van der Waals surface area (Å²) < 4.78 is 0. The number of para-hydroxylation sites is 1. The van der Waals surface area contributed by atoms with Crippen LogP contribution in [0.3, 0.4) is 0 Å². The van der Waals surface area contributed by atoms with Crippen LogP contribution in [0.1, 0.15) is 5.82 Å². The summed E-state index contributed by atoms with van der Waals surface area (Å²) in [5.74, 6) is 1.92. The zero-order chi connectivity index (χ0) is 16.4. The van der Waals surface area contributed by atoms with Crippen LogP contribution >= 0.6 is 0 Å². The number of rotatable bonds is 3. The first-order valence-corrected chi connectivity index (χ1v) is 7.82. The van der Waals surface area contributed by atoms with E-state index >= 15 is 0 Å². The third-order valence-electron chi connectivity index (χ3n) is 3.81. The van der Waals surface area contributed by atoms with Gasteiger partial charge in [0, 0.05) is 11.3 Å².